The molecule has 0 unspecified atom stereocenters. The Balaban J connectivity index is 1.94. The van der Waals surface area contributed by atoms with Crippen molar-refractivity contribution < 1.29 is 9.53 Å². The van der Waals surface area contributed by atoms with Gasteiger partial charge in [-0.05, 0) is 29.8 Å². The van der Waals surface area contributed by atoms with E-state index in [1.54, 1.807) is 12.1 Å². The highest BCUT2D eigenvalue weighted by Crippen LogP contribution is 2.20. The minimum atomic E-state index is -0.348. The molecule has 0 spiro atoms. The van der Waals surface area contributed by atoms with E-state index in [2.05, 4.69) is 32.0 Å². The molecule has 3 rings (SSSR count). The molecular formula is C16H13BrN2O2. The average Bonchev–Trinajstić information content (AvgIpc) is 2.90. The number of esters is 1. The molecule has 0 radical (unpaired) electrons. The van der Waals surface area contributed by atoms with Gasteiger partial charge in [0.25, 0.3) is 0 Å². The van der Waals surface area contributed by atoms with Crippen molar-refractivity contribution in [1.29, 1.82) is 0 Å². The Morgan fingerprint density at radius 1 is 1.29 bits per heavy atom. The Morgan fingerprint density at radius 2 is 2.10 bits per heavy atom. The predicted molar refractivity (Wildman–Crippen MR) is 84.4 cm³/mol. The number of carbonyl (C=O) groups is 1. The maximum absolute atomic E-state index is 11.5. The van der Waals surface area contributed by atoms with Crippen LogP contribution in [0.1, 0.15) is 21.7 Å². The van der Waals surface area contributed by atoms with E-state index in [0.29, 0.717) is 12.0 Å². The monoisotopic (exact) mass is 344 g/mol. The molecular weight excluding hydrogens is 332 g/mol. The number of fused-ring (bicyclic) bond motifs is 1. The van der Waals surface area contributed by atoms with E-state index in [9.17, 15) is 4.79 Å². The summed E-state index contributed by atoms with van der Waals surface area (Å²) in [6.07, 6.45) is 0.698. The van der Waals surface area contributed by atoms with Crippen LogP contribution in [0.5, 0.6) is 0 Å². The first-order valence-electron chi connectivity index (χ1n) is 6.48. The summed E-state index contributed by atoms with van der Waals surface area (Å²) in [7, 11) is 1.37. The molecule has 0 amide bonds. The van der Waals surface area contributed by atoms with Crippen molar-refractivity contribution in [3.8, 4) is 0 Å². The van der Waals surface area contributed by atoms with Gasteiger partial charge in [-0.3, -0.25) is 0 Å². The van der Waals surface area contributed by atoms with Crippen LogP contribution in [-0.2, 0) is 11.2 Å². The predicted octanol–water partition coefficient (Wildman–Crippen LogP) is 3.70. The zero-order valence-corrected chi connectivity index (χ0v) is 13.0. The highest BCUT2D eigenvalue weighted by atomic mass is 79.9. The molecule has 1 heterocycles. The van der Waals surface area contributed by atoms with Gasteiger partial charge in [0.15, 0.2) is 0 Å². The van der Waals surface area contributed by atoms with Crippen molar-refractivity contribution in [2.45, 2.75) is 6.42 Å². The van der Waals surface area contributed by atoms with Crippen LogP contribution in [0.2, 0.25) is 0 Å². The zero-order valence-electron chi connectivity index (χ0n) is 11.4. The highest BCUT2D eigenvalue weighted by molar-refractivity contribution is 9.10. The summed E-state index contributed by atoms with van der Waals surface area (Å²) in [5.41, 5.74) is 3.34. The maximum atomic E-state index is 11.5. The number of hydrogen-bond donors (Lipinski definition) is 1. The van der Waals surface area contributed by atoms with Crippen molar-refractivity contribution in [1.82, 2.24) is 9.97 Å². The molecule has 0 aliphatic rings. The fraction of sp³-hybridized carbons (Fsp3) is 0.125. The Bertz CT molecular complexity index is 811. The van der Waals surface area contributed by atoms with Crippen LogP contribution in [0.3, 0.4) is 0 Å². The SMILES string of the molecule is COC(=O)c1ccc2nc(Cc3ccccc3Br)[nH]c2c1. The van der Waals surface area contributed by atoms with Crippen LogP contribution in [0.15, 0.2) is 46.9 Å². The normalized spacial score (nSPS) is 10.8. The lowest BCUT2D eigenvalue weighted by atomic mass is 10.1. The number of methoxy groups -OCH3 is 1. The summed E-state index contributed by atoms with van der Waals surface area (Å²) >= 11 is 3.53. The maximum Gasteiger partial charge on any atom is 0.337 e. The number of halogens is 1. The number of aromatic nitrogens is 2. The Hall–Kier alpha value is -2.14. The second-order valence-corrected chi connectivity index (χ2v) is 5.53. The molecule has 0 aliphatic carbocycles. The smallest absolute Gasteiger partial charge is 0.337 e. The summed E-state index contributed by atoms with van der Waals surface area (Å²) in [5.74, 6) is 0.512. The lowest BCUT2D eigenvalue weighted by Crippen LogP contribution is -2.00. The topological polar surface area (TPSA) is 55.0 Å². The molecule has 5 heteroatoms. The van der Waals surface area contributed by atoms with E-state index in [-0.39, 0.29) is 5.97 Å². The lowest BCUT2D eigenvalue weighted by molar-refractivity contribution is 0.0601. The van der Waals surface area contributed by atoms with Gasteiger partial charge in [0.2, 0.25) is 0 Å². The third kappa shape index (κ3) is 2.83. The van der Waals surface area contributed by atoms with Gasteiger partial charge < -0.3 is 9.72 Å². The number of aromatic amines is 1. The van der Waals surface area contributed by atoms with Crippen LogP contribution in [-0.4, -0.2) is 23.0 Å². The summed E-state index contributed by atoms with van der Waals surface area (Å²) in [6, 6.07) is 13.3. The standard InChI is InChI=1S/C16H13BrN2O2/c1-21-16(20)11-6-7-13-14(8-11)19-15(18-13)9-10-4-2-3-5-12(10)17/h2-8H,9H2,1H3,(H,18,19). The molecule has 106 valence electrons. The first kappa shape index (κ1) is 13.8. The summed E-state index contributed by atoms with van der Waals surface area (Å²) in [4.78, 5) is 19.3. The number of H-pyrrole nitrogens is 1. The van der Waals surface area contributed by atoms with Gasteiger partial charge in [0.05, 0.1) is 23.7 Å². The molecule has 0 bridgehead atoms. The highest BCUT2D eigenvalue weighted by Gasteiger charge is 2.10. The minimum absolute atomic E-state index is 0.348. The molecule has 3 aromatic rings. The van der Waals surface area contributed by atoms with E-state index in [1.807, 2.05) is 24.3 Å². The fourth-order valence-corrected chi connectivity index (χ4v) is 2.64. The number of benzene rings is 2. The van der Waals surface area contributed by atoms with Gasteiger partial charge in [-0.1, -0.05) is 34.1 Å². The van der Waals surface area contributed by atoms with Crippen molar-refractivity contribution >= 4 is 32.9 Å². The van der Waals surface area contributed by atoms with E-state index in [4.69, 9.17) is 4.74 Å². The molecule has 0 fully saturated rings. The van der Waals surface area contributed by atoms with Crippen molar-refractivity contribution in [3.63, 3.8) is 0 Å². The van der Waals surface area contributed by atoms with Gasteiger partial charge in [-0.2, -0.15) is 0 Å². The Kier molecular flexibility index (Phi) is 3.75. The van der Waals surface area contributed by atoms with Gasteiger partial charge in [-0.15, -0.1) is 0 Å². The molecule has 0 aliphatic heterocycles. The second-order valence-electron chi connectivity index (χ2n) is 4.68. The number of carbonyl (C=O) groups excluding carboxylic acids is 1. The van der Waals surface area contributed by atoms with Crippen molar-refractivity contribution in [2.75, 3.05) is 7.11 Å². The molecule has 0 saturated carbocycles. The average molecular weight is 345 g/mol. The van der Waals surface area contributed by atoms with Crippen molar-refractivity contribution in [2.24, 2.45) is 0 Å². The van der Waals surface area contributed by atoms with E-state index in [1.165, 1.54) is 7.11 Å². The van der Waals surface area contributed by atoms with Gasteiger partial charge in [-0.25, -0.2) is 9.78 Å². The molecule has 1 N–H and O–H groups in total. The number of nitrogens with zero attached hydrogens (tertiary/aromatic N) is 1. The van der Waals surface area contributed by atoms with Crippen LogP contribution >= 0.6 is 15.9 Å². The zero-order chi connectivity index (χ0) is 14.8. The largest absolute Gasteiger partial charge is 0.465 e. The van der Waals surface area contributed by atoms with Crippen LogP contribution in [0.4, 0.5) is 0 Å². The van der Waals surface area contributed by atoms with Gasteiger partial charge in [0, 0.05) is 10.9 Å². The minimum Gasteiger partial charge on any atom is -0.465 e. The van der Waals surface area contributed by atoms with E-state index >= 15 is 0 Å². The Morgan fingerprint density at radius 3 is 2.86 bits per heavy atom. The summed E-state index contributed by atoms with van der Waals surface area (Å²) < 4.78 is 5.78. The Labute approximate surface area is 130 Å². The first-order chi connectivity index (χ1) is 10.2. The summed E-state index contributed by atoms with van der Waals surface area (Å²) in [6.45, 7) is 0. The summed E-state index contributed by atoms with van der Waals surface area (Å²) in [5, 5.41) is 0. The van der Waals surface area contributed by atoms with Crippen LogP contribution in [0.25, 0.3) is 11.0 Å². The quantitative estimate of drug-likeness (QED) is 0.737. The van der Waals surface area contributed by atoms with Crippen LogP contribution in [0, 0.1) is 0 Å². The van der Waals surface area contributed by atoms with Gasteiger partial charge >= 0.3 is 5.97 Å². The first-order valence-corrected chi connectivity index (χ1v) is 7.27. The molecule has 0 saturated heterocycles. The molecule has 2 aromatic carbocycles. The van der Waals surface area contributed by atoms with Gasteiger partial charge in [0.1, 0.15) is 5.82 Å². The van der Waals surface area contributed by atoms with E-state index in [0.717, 1.165) is 26.9 Å². The van der Waals surface area contributed by atoms with Crippen molar-refractivity contribution in [3.05, 3.63) is 63.9 Å². The molecule has 1 aromatic heterocycles. The number of rotatable bonds is 3. The number of nitrogens with one attached hydrogen (secondary N) is 1. The molecule has 21 heavy (non-hydrogen) atoms. The molecule has 0 atom stereocenters. The third-order valence-electron chi connectivity index (χ3n) is 3.27. The van der Waals surface area contributed by atoms with E-state index < -0.39 is 0 Å². The second kappa shape index (κ2) is 5.69. The number of imidazole rings is 1. The van der Waals surface area contributed by atoms with Crippen LogP contribution < -0.4 is 0 Å². The lowest BCUT2D eigenvalue weighted by Gasteiger charge is -2.00. The third-order valence-corrected chi connectivity index (χ3v) is 4.04. The number of ether oxygens (including phenoxy) is 1. The molecule has 4 nitrogen and oxygen atoms in total. The number of hydrogen-bond acceptors (Lipinski definition) is 3. The fourth-order valence-electron chi connectivity index (χ4n) is 2.21.